The Kier molecular flexibility index (Phi) is 6.21. The SMILES string of the molecule is CCC(CSC)N(C)CC(C)(C)c1ccc(N)cc1. The first kappa shape index (κ1) is 16.4. The first-order chi connectivity index (χ1) is 8.90. The molecule has 108 valence electrons. The molecule has 0 saturated heterocycles. The second-order valence-electron chi connectivity index (χ2n) is 5.94. The normalized spacial score (nSPS) is 13.8. The Labute approximate surface area is 122 Å². The molecule has 1 rings (SSSR count). The van der Waals surface area contributed by atoms with E-state index in [4.69, 9.17) is 5.73 Å². The lowest BCUT2D eigenvalue weighted by atomic mass is 9.83. The van der Waals surface area contributed by atoms with Gasteiger partial charge in [-0.25, -0.2) is 0 Å². The monoisotopic (exact) mass is 280 g/mol. The number of nitrogen functional groups attached to an aromatic ring is 1. The van der Waals surface area contributed by atoms with Crippen molar-refractivity contribution in [1.82, 2.24) is 4.90 Å². The van der Waals surface area contributed by atoms with E-state index in [-0.39, 0.29) is 5.41 Å². The fraction of sp³-hybridized carbons (Fsp3) is 0.625. The van der Waals surface area contributed by atoms with Crippen molar-refractivity contribution in [1.29, 1.82) is 0 Å². The van der Waals surface area contributed by atoms with Crippen LogP contribution in [0.5, 0.6) is 0 Å². The smallest absolute Gasteiger partial charge is 0.0314 e. The minimum Gasteiger partial charge on any atom is -0.399 e. The number of benzene rings is 1. The summed E-state index contributed by atoms with van der Waals surface area (Å²) < 4.78 is 0. The standard InChI is InChI=1S/C16H28N2S/c1-6-15(11-19-5)18(4)12-16(2,3)13-7-9-14(17)10-8-13/h7-10,15H,6,11-12,17H2,1-5H3. The van der Waals surface area contributed by atoms with E-state index in [1.807, 2.05) is 23.9 Å². The van der Waals surface area contributed by atoms with Crippen LogP contribution in [0, 0.1) is 0 Å². The van der Waals surface area contributed by atoms with E-state index in [1.165, 1.54) is 17.7 Å². The van der Waals surface area contributed by atoms with Crippen LogP contribution < -0.4 is 5.73 Å². The van der Waals surface area contributed by atoms with Gasteiger partial charge in [0.2, 0.25) is 0 Å². The zero-order valence-corrected chi connectivity index (χ0v) is 13.8. The summed E-state index contributed by atoms with van der Waals surface area (Å²) in [4.78, 5) is 2.49. The number of nitrogens with two attached hydrogens (primary N) is 1. The van der Waals surface area contributed by atoms with E-state index in [2.05, 4.69) is 51.1 Å². The molecule has 0 bridgehead atoms. The van der Waals surface area contributed by atoms with Gasteiger partial charge in [0.25, 0.3) is 0 Å². The maximum absolute atomic E-state index is 5.77. The van der Waals surface area contributed by atoms with Gasteiger partial charge in [-0.1, -0.05) is 32.9 Å². The fourth-order valence-corrected chi connectivity index (χ4v) is 3.40. The summed E-state index contributed by atoms with van der Waals surface area (Å²) in [5.41, 5.74) is 8.10. The van der Waals surface area contributed by atoms with Gasteiger partial charge >= 0.3 is 0 Å². The molecule has 0 fully saturated rings. The maximum atomic E-state index is 5.77. The second-order valence-corrected chi connectivity index (χ2v) is 6.85. The van der Waals surface area contributed by atoms with Gasteiger partial charge in [-0.2, -0.15) is 11.8 Å². The van der Waals surface area contributed by atoms with E-state index in [0.717, 1.165) is 12.2 Å². The molecule has 1 atom stereocenters. The van der Waals surface area contributed by atoms with Gasteiger partial charge in [0.15, 0.2) is 0 Å². The van der Waals surface area contributed by atoms with E-state index >= 15 is 0 Å². The first-order valence-electron chi connectivity index (χ1n) is 6.96. The zero-order valence-electron chi connectivity index (χ0n) is 12.9. The van der Waals surface area contributed by atoms with Crippen molar-refractivity contribution in [2.24, 2.45) is 0 Å². The number of rotatable bonds is 7. The molecule has 3 heteroatoms. The van der Waals surface area contributed by atoms with E-state index in [1.54, 1.807) is 0 Å². The number of thioether (sulfide) groups is 1. The van der Waals surface area contributed by atoms with Crippen LogP contribution in [0.15, 0.2) is 24.3 Å². The number of likely N-dealkylation sites (N-methyl/N-ethyl adjacent to an activating group) is 1. The molecule has 1 aromatic rings. The number of hydrogen-bond donors (Lipinski definition) is 1. The summed E-state index contributed by atoms with van der Waals surface area (Å²) in [7, 11) is 2.24. The van der Waals surface area contributed by atoms with Crippen LogP contribution in [0.4, 0.5) is 5.69 Å². The molecule has 0 aliphatic rings. The predicted octanol–water partition coefficient (Wildman–Crippen LogP) is 3.62. The number of hydrogen-bond acceptors (Lipinski definition) is 3. The molecule has 0 amide bonds. The second kappa shape index (κ2) is 7.20. The average Bonchev–Trinajstić information content (AvgIpc) is 2.35. The molecule has 2 nitrogen and oxygen atoms in total. The van der Waals surface area contributed by atoms with Crippen LogP contribution in [-0.2, 0) is 5.41 Å². The van der Waals surface area contributed by atoms with E-state index < -0.39 is 0 Å². The van der Waals surface area contributed by atoms with Crippen molar-refractivity contribution in [2.75, 3.05) is 31.3 Å². The Morgan fingerprint density at radius 3 is 2.32 bits per heavy atom. The molecule has 19 heavy (non-hydrogen) atoms. The topological polar surface area (TPSA) is 29.3 Å². The van der Waals surface area contributed by atoms with Crippen LogP contribution in [-0.4, -0.2) is 36.5 Å². The summed E-state index contributed by atoms with van der Waals surface area (Å²) in [6.07, 6.45) is 3.39. The third-order valence-electron chi connectivity index (χ3n) is 3.79. The average molecular weight is 280 g/mol. The van der Waals surface area contributed by atoms with E-state index in [9.17, 15) is 0 Å². The molecular weight excluding hydrogens is 252 g/mol. The molecule has 0 aromatic heterocycles. The van der Waals surface area contributed by atoms with Crippen molar-refractivity contribution in [3.63, 3.8) is 0 Å². The van der Waals surface area contributed by atoms with Gasteiger partial charge < -0.3 is 10.6 Å². The molecule has 2 N–H and O–H groups in total. The third kappa shape index (κ3) is 4.73. The predicted molar refractivity (Wildman–Crippen MR) is 89.0 cm³/mol. The molecule has 1 unspecified atom stereocenters. The Bertz CT molecular complexity index is 373. The van der Waals surface area contributed by atoms with Gasteiger partial charge in [-0.3, -0.25) is 0 Å². The molecule has 0 saturated carbocycles. The Morgan fingerprint density at radius 2 is 1.84 bits per heavy atom. The summed E-state index contributed by atoms with van der Waals surface area (Å²) in [6.45, 7) is 7.95. The van der Waals surface area contributed by atoms with Crippen LogP contribution in [0.2, 0.25) is 0 Å². The Balaban J connectivity index is 2.75. The van der Waals surface area contributed by atoms with Gasteiger partial charge in [0, 0.05) is 29.4 Å². The molecule has 0 radical (unpaired) electrons. The third-order valence-corrected chi connectivity index (χ3v) is 4.51. The van der Waals surface area contributed by atoms with E-state index in [0.29, 0.717) is 6.04 Å². The summed E-state index contributed by atoms with van der Waals surface area (Å²) in [5, 5.41) is 0. The molecular formula is C16H28N2S. The van der Waals surface area contributed by atoms with Gasteiger partial charge in [-0.05, 0) is 37.4 Å². The Hall–Kier alpha value is -0.670. The number of nitrogens with zero attached hydrogens (tertiary/aromatic N) is 1. The van der Waals surface area contributed by atoms with Gasteiger partial charge in [0.05, 0.1) is 0 Å². The van der Waals surface area contributed by atoms with Gasteiger partial charge in [0.1, 0.15) is 0 Å². The van der Waals surface area contributed by atoms with Crippen molar-refractivity contribution in [3.05, 3.63) is 29.8 Å². The van der Waals surface area contributed by atoms with Crippen molar-refractivity contribution in [3.8, 4) is 0 Å². The van der Waals surface area contributed by atoms with Crippen LogP contribution in [0.25, 0.3) is 0 Å². The molecule has 0 spiro atoms. The fourth-order valence-electron chi connectivity index (χ4n) is 2.53. The largest absolute Gasteiger partial charge is 0.399 e. The lowest BCUT2D eigenvalue weighted by Gasteiger charge is -2.35. The highest BCUT2D eigenvalue weighted by Crippen LogP contribution is 2.26. The minimum atomic E-state index is 0.147. The Morgan fingerprint density at radius 1 is 1.26 bits per heavy atom. The first-order valence-corrected chi connectivity index (χ1v) is 8.35. The zero-order chi connectivity index (χ0) is 14.5. The van der Waals surface area contributed by atoms with Crippen LogP contribution >= 0.6 is 11.8 Å². The highest BCUT2D eigenvalue weighted by Gasteiger charge is 2.25. The summed E-state index contributed by atoms with van der Waals surface area (Å²) in [6, 6.07) is 8.95. The molecule has 0 aliphatic heterocycles. The lowest BCUT2D eigenvalue weighted by Crippen LogP contribution is -2.41. The van der Waals surface area contributed by atoms with Gasteiger partial charge in [-0.15, -0.1) is 0 Å². The van der Waals surface area contributed by atoms with Crippen LogP contribution in [0.1, 0.15) is 32.8 Å². The lowest BCUT2D eigenvalue weighted by molar-refractivity contribution is 0.210. The van der Waals surface area contributed by atoms with Crippen molar-refractivity contribution in [2.45, 2.75) is 38.6 Å². The van der Waals surface area contributed by atoms with Crippen molar-refractivity contribution < 1.29 is 0 Å². The maximum Gasteiger partial charge on any atom is 0.0314 e. The quantitative estimate of drug-likeness (QED) is 0.774. The summed E-state index contributed by atoms with van der Waals surface area (Å²) in [5.74, 6) is 1.20. The van der Waals surface area contributed by atoms with Crippen LogP contribution in [0.3, 0.4) is 0 Å². The minimum absolute atomic E-state index is 0.147. The molecule has 0 aliphatic carbocycles. The molecule has 0 heterocycles. The van der Waals surface area contributed by atoms with Crippen molar-refractivity contribution >= 4 is 17.4 Å². The summed E-state index contributed by atoms with van der Waals surface area (Å²) >= 11 is 1.93. The molecule has 1 aromatic carbocycles. The number of anilines is 1. The highest BCUT2D eigenvalue weighted by molar-refractivity contribution is 7.98. The highest BCUT2D eigenvalue weighted by atomic mass is 32.2.